The lowest BCUT2D eigenvalue weighted by Gasteiger charge is -2.25. The Labute approximate surface area is 146 Å². The van der Waals surface area contributed by atoms with Gasteiger partial charge in [0.25, 0.3) is 0 Å². The van der Waals surface area contributed by atoms with Gasteiger partial charge in [-0.3, -0.25) is 0 Å². The van der Waals surface area contributed by atoms with E-state index in [1.165, 1.54) is 12.1 Å². The monoisotopic (exact) mass is 338 g/mol. The van der Waals surface area contributed by atoms with Gasteiger partial charge in [-0.1, -0.05) is 12.1 Å². The van der Waals surface area contributed by atoms with E-state index >= 15 is 0 Å². The van der Waals surface area contributed by atoms with Gasteiger partial charge in [0.05, 0.1) is 13.7 Å². The molecule has 3 aromatic rings. The smallest absolute Gasteiger partial charge is 0.158 e. The zero-order chi connectivity index (χ0) is 17.2. The third-order valence-electron chi connectivity index (χ3n) is 4.38. The molecule has 2 aromatic carbocycles. The third-order valence-corrected chi connectivity index (χ3v) is 4.38. The summed E-state index contributed by atoms with van der Waals surface area (Å²) in [6.45, 7) is 1.47. The van der Waals surface area contributed by atoms with Crippen LogP contribution in [-0.4, -0.2) is 24.8 Å². The van der Waals surface area contributed by atoms with Gasteiger partial charge in [0.1, 0.15) is 11.6 Å². The molecular weight excluding hydrogens is 319 g/mol. The molecule has 0 aliphatic carbocycles. The summed E-state index contributed by atoms with van der Waals surface area (Å²) in [5, 5.41) is 0. The van der Waals surface area contributed by atoms with E-state index in [4.69, 9.17) is 9.47 Å². The van der Waals surface area contributed by atoms with Crippen molar-refractivity contribution in [1.29, 1.82) is 0 Å². The predicted molar refractivity (Wildman–Crippen MR) is 94.8 cm³/mol. The van der Waals surface area contributed by atoms with Crippen LogP contribution in [0.4, 0.5) is 10.1 Å². The Bertz CT molecular complexity index is 877. The van der Waals surface area contributed by atoms with Crippen LogP contribution in [0.1, 0.15) is 11.8 Å². The molecule has 2 heterocycles. The van der Waals surface area contributed by atoms with E-state index in [2.05, 4.69) is 4.90 Å². The maximum Gasteiger partial charge on any atom is 0.158 e. The van der Waals surface area contributed by atoms with Crippen LogP contribution in [0.15, 0.2) is 67.0 Å². The first-order chi connectivity index (χ1) is 12.2. The molecule has 4 nitrogen and oxygen atoms in total. The Hall–Kier alpha value is -2.79. The summed E-state index contributed by atoms with van der Waals surface area (Å²) in [6, 6.07) is 16.5. The zero-order valence-corrected chi connectivity index (χ0v) is 13.9. The quantitative estimate of drug-likeness (QED) is 0.715. The zero-order valence-electron chi connectivity index (χ0n) is 13.9. The summed E-state index contributed by atoms with van der Waals surface area (Å²) in [6.07, 6.45) is 3.75. The molecule has 0 saturated carbocycles. The average molecular weight is 338 g/mol. The Balaban J connectivity index is 1.62. The second-order valence-electron chi connectivity index (χ2n) is 5.95. The first-order valence-corrected chi connectivity index (χ1v) is 8.21. The van der Waals surface area contributed by atoms with Gasteiger partial charge in [0, 0.05) is 41.9 Å². The number of hydrogen-bond acceptors (Lipinski definition) is 3. The van der Waals surface area contributed by atoms with Gasteiger partial charge < -0.3 is 18.9 Å². The summed E-state index contributed by atoms with van der Waals surface area (Å²) < 4.78 is 26.6. The Morgan fingerprint density at radius 1 is 1.08 bits per heavy atom. The van der Waals surface area contributed by atoms with E-state index in [1.807, 2.05) is 53.4 Å². The Kier molecular flexibility index (Phi) is 4.15. The lowest BCUT2D eigenvalue weighted by atomic mass is 10.2. The number of aromatic nitrogens is 1. The number of halogens is 1. The van der Waals surface area contributed by atoms with Crippen molar-refractivity contribution in [2.45, 2.75) is 6.23 Å². The molecular formula is C20H19FN2O2. The molecule has 128 valence electrons. The fourth-order valence-electron chi connectivity index (χ4n) is 3.16. The van der Waals surface area contributed by atoms with Crippen molar-refractivity contribution < 1.29 is 13.9 Å². The second kappa shape index (κ2) is 6.61. The minimum atomic E-state index is -0.247. The number of benzene rings is 2. The van der Waals surface area contributed by atoms with Crippen molar-refractivity contribution in [2.24, 2.45) is 0 Å². The minimum Gasteiger partial charge on any atom is -0.497 e. The van der Waals surface area contributed by atoms with Crippen LogP contribution < -0.4 is 9.64 Å². The van der Waals surface area contributed by atoms with Crippen LogP contribution in [0.25, 0.3) is 5.69 Å². The fourth-order valence-corrected chi connectivity index (χ4v) is 3.16. The lowest BCUT2D eigenvalue weighted by Crippen LogP contribution is -2.22. The molecule has 1 fully saturated rings. The molecule has 25 heavy (non-hydrogen) atoms. The molecule has 0 bridgehead atoms. The van der Waals surface area contributed by atoms with Gasteiger partial charge in [-0.15, -0.1) is 0 Å². The number of ether oxygens (including phenoxy) is 2. The second-order valence-corrected chi connectivity index (χ2v) is 5.95. The molecule has 1 aliphatic rings. The number of anilines is 1. The standard InChI is InChI=1S/C20H19FN2O2/c1-24-19-7-3-6-18(13-19)23-10-11-25-20(23)15-8-9-22(14-15)17-5-2-4-16(21)12-17/h2-9,12-14,20H,10-11H2,1H3/t20-/m1/s1. The molecule has 1 atom stereocenters. The van der Waals surface area contributed by atoms with Crippen LogP contribution in [0.5, 0.6) is 5.75 Å². The molecule has 0 radical (unpaired) electrons. The maximum absolute atomic E-state index is 13.5. The SMILES string of the molecule is COc1cccc(N2CCO[C@@H]2c2ccn(-c3cccc(F)c3)c2)c1. The molecule has 1 saturated heterocycles. The fraction of sp³-hybridized carbons (Fsp3) is 0.200. The lowest BCUT2D eigenvalue weighted by molar-refractivity contribution is 0.114. The highest BCUT2D eigenvalue weighted by Crippen LogP contribution is 2.34. The van der Waals surface area contributed by atoms with Gasteiger partial charge in [0.2, 0.25) is 0 Å². The van der Waals surface area contributed by atoms with E-state index in [0.29, 0.717) is 6.61 Å². The predicted octanol–water partition coefficient (Wildman–Crippen LogP) is 4.16. The summed E-state index contributed by atoms with van der Waals surface area (Å²) in [4.78, 5) is 2.20. The molecule has 1 aromatic heterocycles. The van der Waals surface area contributed by atoms with Crippen LogP contribution in [-0.2, 0) is 4.74 Å². The van der Waals surface area contributed by atoms with Crippen LogP contribution in [0, 0.1) is 5.82 Å². The number of hydrogen-bond donors (Lipinski definition) is 0. The number of nitrogens with zero attached hydrogens (tertiary/aromatic N) is 2. The molecule has 0 unspecified atom stereocenters. The van der Waals surface area contributed by atoms with E-state index in [-0.39, 0.29) is 12.0 Å². The van der Waals surface area contributed by atoms with Gasteiger partial charge in [0.15, 0.2) is 6.23 Å². The Morgan fingerprint density at radius 3 is 2.76 bits per heavy atom. The summed E-state index contributed by atoms with van der Waals surface area (Å²) in [7, 11) is 1.66. The van der Waals surface area contributed by atoms with Crippen LogP contribution >= 0.6 is 0 Å². The summed E-state index contributed by atoms with van der Waals surface area (Å²) >= 11 is 0. The molecule has 0 N–H and O–H groups in total. The van der Waals surface area contributed by atoms with Crippen molar-refractivity contribution >= 4 is 5.69 Å². The maximum atomic E-state index is 13.5. The van der Waals surface area contributed by atoms with Crippen LogP contribution in [0.3, 0.4) is 0 Å². The average Bonchev–Trinajstić information content (AvgIpc) is 3.31. The summed E-state index contributed by atoms with van der Waals surface area (Å²) in [5.41, 5.74) is 2.88. The van der Waals surface area contributed by atoms with Gasteiger partial charge in [-0.25, -0.2) is 4.39 Å². The van der Waals surface area contributed by atoms with E-state index in [1.54, 1.807) is 13.2 Å². The van der Waals surface area contributed by atoms with Crippen LogP contribution in [0.2, 0.25) is 0 Å². The normalized spacial score (nSPS) is 17.0. The van der Waals surface area contributed by atoms with E-state index in [0.717, 1.165) is 29.2 Å². The largest absolute Gasteiger partial charge is 0.497 e. The summed E-state index contributed by atoms with van der Waals surface area (Å²) in [5.74, 6) is 0.573. The van der Waals surface area contributed by atoms with Crippen molar-refractivity contribution in [3.8, 4) is 11.4 Å². The third kappa shape index (κ3) is 3.10. The van der Waals surface area contributed by atoms with E-state index < -0.39 is 0 Å². The van der Waals surface area contributed by atoms with E-state index in [9.17, 15) is 4.39 Å². The number of rotatable bonds is 4. The molecule has 5 heteroatoms. The minimum absolute atomic E-state index is 0.165. The Morgan fingerprint density at radius 2 is 1.92 bits per heavy atom. The van der Waals surface area contributed by atoms with Crippen molar-refractivity contribution in [2.75, 3.05) is 25.2 Å². The molecule has 0 amide bonds. The van der Waals surface area contributed by atoms with Gasteiger partial charge in [-0.2, -0.15) is 0 Å². The highest BCUT2D eigenvalue weighted by atomic mass is 19.1. The molecule has 1 aliphatic heterocycles. The molecule has 4 rings (SSSR count). The van der Waals surface area contributed by atoms with Crippen molar-refractivity contribution in [1.82, 2.24) is 4.57 Å². The van der Waals surface area contributed by atoms with Gasteiger partial charge >= 0.3 is 0 Å². The first-order valence-electron chi connectivity index (χ1n) is 8.21. The highest BCUT2D eigenvalue weighted by Gasteiger charge is 2.28. The first kappa shape index (κ1) is 15.7. The van der Waals surface area contributed by atoms with Crippen molar-refractivity contribution in [3.63, 3.8) is 0 Å². The van der Waals surface area contributed by atoms with Gasteiger partial charge in [-0.05, 0) is 36.4 Å². The highest BCUT2D eigenvalue weighted by molar-refractivity contribution is 5.53. The van der Waals surface area contributed by atoms with Crippen molar-refractivity contribution in [3.05, 3.63) is 78.4 Å². The number of methoxy groups -OCH3 is 1. The molecule has 0 spiro atoms. The topological polar surface area (TPSA) is 26.6 Å².